The minimum Gasteiger partial charge on any atom is -0.405 e. The molecule has 0 aliphatic heterocycles. The summed E-state index contributed by atoms with van der Waals surface area (Å²) in [5.41, 5.74) is 2.90. The van der Waals surface area contributed by atoms with Crippen LogP contribution in [0.4, 0.5) is 13.2 Å². The van der Waals surface area contributed by atoms with Gasteiger partial charge in [-0.1, -0.05) is 18.2 Å². The first-order valence-electron chi connectivity index (χ1n) is 6.36. The first-order valence-corrected chi connectivity index (χ1v) is 6.36. The summed E-state index contributed by atoms with van der Waals surface area (Å²) in [6.45, 7) is 3.02. The molecule has 1 aromatic carbocycles. The average molecular weight is 292 g/mol. The molecule has 0 aliphatic carbocycles. The molecule has 20 heavy (non-hydrogen) atoms. The maximum Gasteiger partial charge on any atom is 0.573 e. The van der Waals surface area contributed by atoms with Gasteiger partial charge in [-0.25, -0.2) is 0 Å². The highest BCUT2D eigenvalue weighted by atomic mass is 19.4. The number of benzene rings is 1. The smallest absolute Gasteiger partial charge is 0.405 e. The van der Waals surface area contributed by atoms with Crippen LogP contribution in [0.2, 0.25) is 0 Å². The Morgan fingerprint density at radius 3 is 2.60 bits per heavy atom. The molecule has 7 heteroatoms. The van der Waals surface area contributed by atoms with Crippen LogP contribution < -0.4 is 16.0 Å². The molecule has 0 heterocycles. The van der Waals surface area contributed by atoms with E-state index in [9.17, 15) is 13.2 Å². The lowest BCUT2D eigenvalue weighted by atomic mass is 10.0. The number of para-hydroxylation sites is 1. The highest BCUT2D eigenvalue weighted by Crippen LogP contribution is 2.31. The van der Waals surface area contributed by atoms with Gasteiger partial charge in [0.05, 0.1) is 0 Å². The molecule has 1 unspecified atom stereocenters. The van der Waals surface area contributed by atoms with E-state index in [-0.39, 0.29) is 5.75 Å². The fraction of sp³-hybridized carbons (Fsp3) is 0.538. The Bertz CT molecular complexity index is 399. The lowest BCUT2D eigenvalue weighted by molar-refractivity contribution is -0.275. The zero-order valence-corrected chi connectivity index (χ0v) is 11.2. The van der Waals surface area contributed by atoms with Crippen molar-refractivity contribution in [2.24, 2.45) is 5.84 Å². The van der Waals surface area contributed by atoms with Gasteiger partial charge in [0.2, 0.25) is 0 Å². The minimum absolute atomic E-state index is 0.237. The summed E-state index contributed by atoms with van der Waals surface area (Å²) in [5.74, 6) is 5.19. The number of ether oxygens (including phenoxy) is 2. The van der Waals surface area contributed by atoms with E-state index in [0.29, 0.717) is 31.6 Å². The second-order valence-electron chi connectivity index (χ2n) is 4.14. The molecule has 1 rings (SSSR count). The third kappa shape index (κ3) is 5.77. The van der Waals surface area contributed by atoms with Crippen LogP contribution in [0.3, 0.4) is 0 Å². The van der Waals surface area contributed by atoms with Gasteiger partial charge in [-0.05, 0) is 25.8 Å². The predicted molar refractivity (Wildman–Crippen MR) is 68.9 cm³/mol. The third-order valence-corrected chi connectivity index (χ3v) is 2.71. The van der Waals surface area contributed by atoms with Gasteiger partial charge < -0.3 is 9.47 Å². The van der Waals surface area contributed by atoms with Crippen LogP contribution in [0.25, 0.3) is 0 Å². The second-order valence-corrected chi connectivity index (χ2v) is 4.14. The zero-order chi connectivity index (χ0) is 15.0. The van der Waals surface area contributed by atoms with Gasteiger partial charge in [-0.2, -0.15) is 0 Å². The predicted octanol–water partition coefficient (Wildman–Crippen LogP) is 2.91. The van der Waals surface area contributed by atoms with Crippen LogP contribution in [-0.2, 0) is 4.74 Å². The molecule has 0 spiro atoms. The topological polar surface area (TPSA) is 56.5 Å². The number of hydrogen-bond donors (Lipinski definition) is 2. The van der Waals surface area contributed by atoms with E-state index in [1.165, 1.54) is 12.1 Å². The van der Waals surface area contributed by atoms with Gasteiger partial charge in [-0.3, -0.25) is 11.3 Å². The van der Waals surface area contributed by atoms with Crippen LogP contribution >= 0.6 is 0 Å². The van der Waals surface area contributed by atoms with Crippen molar-refractivity contribution in [1.82, 2.24) is 5.43 Å². The molecule has 0 aliphatic rings. The summed E-state index contributed by atoms with van der Waals surface area (Å²) in [4.78, 5) is 0. The van der Waals surface area contributed by atoms with Gasteiger partial charge in [-0.15, -0.1) is 13.2 Å². The molecular weight excluding hydrogens is 273 g/mol. The molecule has 0 fully saturated rings. The number of hydrazine groups is 1. The Morgan fingerprint density at radius 2 is 2.00 bits per heavy atom. The maximum absolute atomic E-state index is 12.3. The molecular formula is C13H19F3N2O2. The molecule has 0 amide bonds. The molecule has 1 atom stereocenters. The van der Waals surface area contributed by atoms with Crippen molar-refractivity contribution >= 4 is 0 Å². The molecule has 1 aromatic rings. The van der Waals surface area contributed by atoms with Crippen LogP contribution in [-0.4, -0.2) is 19.6 Å². The number of alkyl halides is 3. The Kier molecular flexibility index (Phi) is 6.77. The van der Waals surface area contributed by atoms with Gasteiger partial charge in [0, 0.05) is 24.8 Å². The summed E-state index contributed by atoms with van der Waals surface area (Å²) in [5, 5.41) is 0. The molecule has 0 aromatic heterocycles. The van der Waals surface area contributed by atoms with Gasteiger partial charge in [0.1, 0.15) is 5.75 Å². The Hall–Kier alpha value is -1.31. The summed E-state index contributed by atoms with van der Waals surface area (Å²) >= 11 is 0. The molecule has 4 nitrogen and oxygen atoms in total. The first kappa shape index (κ1) is 16.7. The Balaban J connectivity index is 2.75. The minimum atomic E-state index is -4.72. The van der Waals surface area contributed by atoms with Crippen molar-refractivity contribution in [3.8, 4) is 5.75 Å². The van der Waals surface area contributed by atoms with Crippen molar-refractivity contribution in [1.29, 1.82) is 0 Å². The van der Waals surface area contributed by atoms with E-state index in [2.05, 4.69) is 10.2 Å². The fourth-order valence-corrected chi connectivity index (χ4v) is 1.85. The summed E-state index contributed by atoms with van der Waals surface area (Å²) in [7, 11) is 0. The lowest BCUT2D eigenvalue weighted by Crippen LogP contribution is -2.29. The quantitative estimate of drug-likeness (QED) is 0.439. The van der Waals surface area contributed by atoms with Crippen molar-refractivity contribution in [3.63, 3.8) is 0 Å². The van der Waals surface area contributed by atoms with Crippen LogP contribution in [0.1, 0.15) is 31.4 Å². The first-order chi connectivity index (χ1) is 9.48. The lowest BCUT2D eigenvalue weighted by Gasteiger charge is -2.20. The molecule has 0 bridgehead atoms. The van der Waals surface area contributed by atoms with Gasteiger partial charge in [0.25, 0.3) is 0 Å². The monoisotopic (exact) mass is 292 g/mol. The van der Waals surface area contributed by atoms with E-state index < -0.39 is 12.4 Å². The molecule has 114 valence electrons. The van der Waals surface area contributed by atoms with E-state index >= 15 is 0 Å². The molecule has 3 N–H and O–H groups in total. The number of halogens is 3. The van der Waals surface area contributed by atoms with Crippen molar-refractivity contribution in [2.45, 2.75) is 32.2 Å². The van der Waals surface area contributed by atoms with Crippen LogP contribution in [0.5, 0.6) is 5.75 Å². The number of nitrogens with two attached hydrogens (primary N) is 1. The second kappa shape index (κ2) is 8.08. The van der Waals surface area contributed by atoms with Crippen LogP contribution in [0, 0.1) is 0 Å². The largest absolute Gasteiger partial charge is 0.573 e. The standard InChI is InChI=1S/C13H19F3N2O2/c1-2-19-9-5-7-11(18-17)10-6-3-4-8-12(10)20-13(14,15)16/h3-4,6,8,11,18H,2,5,7,9,17H2,1H3. The Labute approximate surface area is 116 Å². The van der Waals surface area contributed by atoms with Crippen LogP contribution in [0.15, 0.2) is 24.3 Å². The van der Waals surface area contributed by atoms with E-state index in [0.717, 1.165) is 0 Å². The summed E-state index contributed by atoms with van der Waals surface area (Å²) in [6.07, 6.45) is -3.49. The number of nitrogens with one attached hydrogen (secondary N) is 1. The maximum atomic E-state index is 12.3. The SMILES string of the molecule is CCOCCCC(NN)c1ccccc1OC(F)(F)F. The number of rotatable bonds is 8. The average Bonchev–Trinajstić information content (AvgIpc) is 2.38. The zero-order valence-electron chi connectivity index (χ0n) is 11.2. The number of hydrogen-bond acceptors (Lipinski definition) is 4. The van der Waals surface area contributed by atoms with Crippen molar-refractivity contribution in [3.05, 3.63) is 29.8 Å². The molecule has 0 radical (unpaired) electrons. The normalized spacial score (nSPS) is 13.2. The van der Waals surface area contributed by atoms with E-state index in [1.807, 2.05) is 6.92 Å². The van der Waals surface area contributed by atoms with Gasteiger partial charge in [0.15, 0.2) is 0 Å². The van der Waals surface area contributed by atoms with Crippen molar-refractivity contribution in [2.75, 3.05) is 13.2 Å². The van der Waals surface area contributed by atoms with E-state index in [1.54, 1.807) is 12.1 Å². The summed E-state index contributed by atoms with van der Waals surface area (Å²) in [6, 6.07) is 5.54. The van der Waals surface area contributed by atoms with Gasteiger partial charge >= 0.3 is 6.36 Å². The highest BCUT2D eigenvalue weighted by molar-refractivity contribution is 5.36. The highest BCUT2D eigenvalue weighted by Gasteiger charge is 2.32. The van der Waals surface area contributed by atoms with Crippen molar-refractivity contribution < 1.29 is 22.6 Å². The fourth-order valence-electron chi connectivity index (χ4n) is 1.85. The summed E-state index contributed by atoms with van der Waals surface area (Å²) < 4.78 is 46.3. The third-order valence-electron chi connectivity index (χ3n) is 2.71. The molecule has 0 saturated heterocycles. The Morgan fingerprint density at radius 1 is 1.30 bits per heavy atom. The molecule has 0 saturated carbocycles. The van der Waals surface area contributed by atoms with E-state index in [4.69, 9.17) is 10.6 Å².